The molecule has 0 amide bonds. The average Bonchev–Trinajstić information content (AvgIpc) is 2.53. The molecule has 126 valence electrons. The third kappa shape index (κ3) is 8.24. The number of hydrogen-bond acceptors (Lipinski definition) is 1. The highest BCUT2D eigenvalue weighted by molar-refractivity contribution is 4.81. The van der Waals surface area contributed by atoms with Gasteiger partial charge in [0.25, 0.3) is 0 Å². The number of rotatable bonds is 12. The fourth-order valence-electron chi connectivity index (χ4n) is 4.18. The molecule has 0 bridgehead atoms. The van der Waals surface area contributed by atoms with E-state index in [4.69, 9.17) is 0 Å². The van der Waals surface area contributed by atoms with Gasteiger partial charge < -0.3 is 5.32 Å². The van der Waals surface area contributed by atoms with Gasteiger partial charge in [0.2, 0.25) is 0 Å². The van der Waals surface area contributed by atoms with Gasteiger partial charge in [0.1, 0.15) is 0 Å². The molecule has 1 rings (SSSR count). The summed E-state index contributed by atoms with van der Waals surface area (Å²) in [5, 5.41) is 3.64. The maximum absolute atomic E-state index is 3.64. The number of hydrogen-bond donors (Lipinski definition) is 1. The van der Waals surface area contributed by atoms with Crippen molar-refractivity contribution in [3.8, 4) is 0 Å². The Bertz CT molecular complexity index is 226. The molecule has 0 saturated heterocycles. The van der Waals surface area contributed by atoms with Crippen LogP contribution in [-0.2, 0) is 0 Å². The molecule has 1 nitrogen and oxygen atoms in total. The van der Waals surface area contributed by atoms with Crippen molar-refractivity contribution in [3.63, 3.8) is 0 Å². The summed E-state index contributed by atoms with van der Waals surface area (Å²) in [5.74, 6) is 1.97. The molecule has 0 aromatic rings. The van der Waals surface area contributed by atoms with E-state index >= 15 is 0 Å². The van der Waals surface area contributed by atoms with Crippen LogP contribution in [0.3, 0.4) is 0 Å². The van der Waals surface area contributed by atoms with E-state index in [0.29, 0.717) is 0 Å². The Morgan fingerprint density at radius 2 is 1.57 bits per heavy atom. The molecule has 3 unspecified atom stereocenters. The highest BCUT2D eigenvalue weighted by Crippen LogP contribution is 2.34. The van der Waals surface area contributed by atoms with Crippen LogP contribution < -0.4 is 5.32 Å². The summed E-state index contributed by atoms with van der Waals surface area (Å²) in [4.78, 5) is 0. The third-order valence-corrected chi connectivity index (χ3v) is 5.71. The number of unbranched alkanes of at least 4 members (excludes halogenated alkanes) is 7. The number of nitrogens with one attached hydrogen (secondary N) is 1. The minimum atomic E-state index is 0.791. The van der Waals surface area contributed by atoms with Crippen LogP contribution in [0.15, 0.2) is 0 Å². The highest BCUT2D eigenvalue weighted by Gasteiger charge is 2.26. The fraction of sp³-hybridized carbons (Fsp3) is 1.00. The summed E-state index contributed by atoms with van der Waals surface area (Å²) >= 11 is 0. The van der Waals surface area contributed by atoms with E-state index in [2.05, 4.69) is 26.2 Å². The Labute approximate surface area is 134 Å². The molecule has 1 saturated carbocycles. The van der Waals surface area contributed by atoms with Gasteiger partial charge in [-0.3, -0.25) is 0 Å². The van der Waals surface area contributed by atoms with Gasteiger partial charge in [0, 0.05) is 6.04 Å². The first kappa shape index (κ1) is 19.0. The molecular formula is C20H41N. The van der Waals surface area contributed by atoms with Gasteiger partial charge in [-0.05, 0) is 38.1 Å². The van der Waals surface area contributed by atoms with E-state index < -0.39 is 0 Å². The SMILES string of the molecule is CCCCCCCCCCC(NC)C1CCCC(CC)C1. The summed E-state index contributed by atoms with van der Waals surface area (Å²) in [5.41, 5.74) is 0. The summed E-state index contributed by atoms with van der Waals surface area (Å²) in [6, 6.07) is 0.791. The molecule has 1 fully saturated rings. The van der Waals surface area contributed by atoms with Gasteiger partial charge in [-0.15, -0.1) is 0 Å². The largest absolute Gasteiger partial charge is 0.317 e. The lowest BCUT2D eigenvalue weighted by molar-refractivity contribution is 0.205. The van der Waals surface area contributed by atoms with Crippen LogP contribution in [0.1, 0.15) is 104 Å². The van der Waals surface area contributed by atoms with Crippen molar-refractivity contribution >= 4 is 0 Å². The Morgan fingerprint density at radius 3 is 2.19 bits per heavy atom. The van der Waals surface area contributed by atoms with Gasteiger partial charge in [0.05, 0.1) is 0 Å². The van der Waals surface area contributed by atoms with Crippen molar-refractivity contribution in [2.45, 2.75) is 110 Å². The highest BCUT2D eigenvalue weighted by atomic mass is 14.9. The van der Waals surface area contributed by atoms with Crippen LogP contribution in [0.2, 0.25) is 0 Å². The van der Waals surface area contributed by atoms with Crippen LogP contribution in [0, 0.1) is 11.8 Å². The Morgan fingerprint density at radius 1 is 0.905 bits per heavy atom. The van der Waals surface area contributed by atoms with Crippen LogP contribution >= 0.6 is 0 Å². The lowest BCUT2D eigenvalue weighted by Crippen LogP contribution is -2.36. The second-order valence-corrected chi connectivity index (χ2v) is 7.36. The standard InChI is InChI=1S/C20H41N/c1-4-6-7-8-9-10-11-12-16-20(21-3)19-15-13-14-18(5-2)17-19/h18-21H,4-17H2,1-3H3. The minimum absolute atomic E-state index is 0.791. The molecule has 1 N–H and O–H groups in total. The zero-order valence-corrected chi connectivity index (χ0v) is 15.1. The van der Waals surface area contributed by atoms with E-state index in [1.807, 2.05) is 0 Å². The van der Waals surface area contributed by atoms with E-state index in [1.165, 1.54) is 89.9 Å². The van der Waals surface area contributed by atoms with E-state index in [-0.39, 0.29) is 0 Å². The average molecular weight is 296 g/mol. The van der Waals surface area contributed by atoms with E-state index in [1.54, 1.807) is 0 Å². The molecule has 0 aromatic heterocycles. The fourth-order valence-corrected chi connectivity index (χ4v) is 4.18. The van der Waals surface area contributed by atoms with Crippen molar-refractivity contribution in [2.75, 3.05) is 7.05 Å². The van der Waals surface area contributed by atoms with E-state index in [9.17, 15) is 0 Å². The third-order valence-electron chi connectivity index (χ3n) is 5.71. The molecule has 1 heteroatoms. The molecule has 1 aliphatic carbocycles. The van der Waals surface area contributed by atoms with Crippen LogP contribution in [0.25, 0.3) is 0 Å². The quantitative estimate of drug-likeness (QED) is 0.415. The maximum Gasteiger partial charge on any atom is 0.00924 e. The summed E-state index contributed by atoms with van der Waals surface area (Å²) in [7, 11) is 2.19. The lowest BCUT2D eigenvalue weighted by atomic mass is 9.76. The molecule has 0 spiro atoms. The topological polar surface area (TPSA) is 12.0 Å². The van der Waals surface area contributed by atoms with Gasteiger partial charge >= 0.3 is 0 Å². The zero-order valence-electron chi connectivity index (χ0n) is 15.1. The van der Waals surface area contributed by atoms with Crippen molar-refractivity contribution in [1.29, 1.82) is 0 Å². The van der Waals surface area contributed by atoms with E-state index in [0.717, 1.165) is 17.9 Å². The van der Waals surface area contributed by atoms with Crippen molar-refractivity contribution in [3.05, 3.63) is 0 Å². The van der Waals surface area contributed by atoms with Gasteiger partial charge in [-0.25, -0.2) is 0 Å². The molecule has 0 heterocycles. The Hall–Kier alpha value is -0.0400. The monoisotopic (exact) mass is 295 g/mol. The van der Waals surface area contributed by atoms with Crippen molar-refractivity contribution < 1.29 is 0 Å². The summed E-state index contributed by atoms with van der Waals surface area (Å²) < 4.78 is 0. The summed E-state index contributed by atoms with van der Waals surface area (Å²) in [6.07, 6.45) is 20.2. The Kier molecular flexibility index (Phi) is 11.3. The first-order valence-electron chi connectivity index (χ1n) is 9.99. The first-order valence-corrected chi connectivity index (χ1v) is 9.99. The van der Waals surface area contributed by atoms with Crippen LogP contribution in [-0.4, -0.2) is 13.1 Å². The molecule has 0 aromatic carbocycles. The lowest BCUT2D eigenvalue weighted by Gasteiger charge is -2.34. The molecule has 1 aliphatic rings. The van der Waals surface area contributed by atoms with Crippen LogP contribution in [0.5, 0.6) is 0 Å². The molecule has 0 aliphatic heterocycles. The summed E-state index contributed by atoms with van der Waals surface area (Å²) in [6.45, 7) is 4.67. The minimum Gasteiger partial charge on any atom is -0.317 e. The smallest absolute Gasteiger partial charge is 0.00924 e. The van der Waals surface area contributed by atoms with Crippen molar-refractivity contribution in [2.24, 2.45) is 11.8 Å². The molecule has 3 atom stereocenters. The predicted molar refractivity (Wildman–Crippen MR) is 95.8 cm³/mol. The maximum atomic E-state index is 3.64. The molecular weight excluding hydrogens is 254 g/mol. The second-order valence-electron chi connectivity index (χ2n) is 7.36. The zero-order chi connectivity index (χ0) is 15.3. The van der Waals surface area contributed by atoms with Crippen molar-refractivity contribution in [1.82, 2.24) is 5.32 Å². The predicted octanol–water partition coefficient (Wildman–Crippen LogP) is 6.32. The Balaban J connectivity index is 2.08. The van der Waals surface area contributed by atoms with Gasteiger partial charge in [-0.2, -0.15) is 0 Å². The van der Waals surface area contributed by atoms with Crippen LogP contribution in [0.4, 0.5) is 0 Å². The normalized spacial score (nSPS) is 24.1. The molecule has 21 heavy (non-hydrogen) atoms. The second kappa shape index (κ2) is 12.5. The first-order chi connectivity index (χ1) is 10.3. The van der Waals surface area contributed by atoms with Gasteiger partial charge in [-0.1, -0.05) is 84.5 Å². The molecule has 0 radical (unpaired) electrons. The van der Waals surface area contributed by atoms with Gasteiger partial charge in [0.15, 0.2) is 0 Å².